The van der Waals surface area contributed by atoms with E-state index in [2.05, 4.69) is 57.0 Å². The molecule has 5 nitrogen and oxygen atoms in total. The van der Waals surface area contributed by atoms with Gasteiger partial charge in [0.05, 0.1) is 12.0 Å². The highest BCUT2D eigenvalue weighted by atomic mass is 19.1. The summed E-state index contributed by atoms with van der Waals surface area (Å²) in [6, 6.07) is 8.22. The summed E-state index contributed by atoms with van der Waals surface area (Å²) in [5.41, 5.74) is 5.15. The molecule has 1 unspecified atom stereocenters. The van der Waals surface area contributed by atoms with Crippen LogP contribution in [0.2, 0.25) is 0 Å². The van der Waals surface area contributed by atoms with Gasteiger partial charge in [0.15, 0.2) is 0 Å². The van der Waals surface area contributed by atoms with Gasteiger partial charge in [0, 0.05) is 56.0 Å². The van der Waals surface area contributed by atoms with E-state index >= 15 is 0 Å². The van der Waals surface area contributed by atoms with Gasteiger partial charge in [-0.15, -0.1) is 0 Å². The van der Waals surface area contributed by atoms with E-state index < -0.39 is 11.6 Å². The van der Waals surface area contributed by atoms with Crippen LogP contribution in [0.4, 0.5) is 8.78 Å². The summed E-state index contributed by atoms with van der Waals surface area (Å²) in [6.45, 7) is 14.5. The molecule has 5 rings (SSSR count). The number of likely N-dealkylation sites (tertiary alicyclic amines) is 2. The Balaban J connectivity index is 1.38. The van der Waals surface area contributed by atoms with Crippen molar-refractivity contribution in [3.05, 3.63) is 69.8 Å². The fourth-order valence-corrected chi connectivity index (χ4v) is 7.15. The summed E-state index contributed by atoms with van der Waals surface area (Å²) in [6.07, 6.45) is 2.50. The van der Waals surface area contributed by atoms with Crippen LogP contribution in [0.25, 0.3) is 0 Å². The van der Waals surface area contributed by atoms with Crippen molar-refractivity contribution in [1.82, 2.24) is 15.1 Å². The maximum Gasteiger partial charge on any atom is 0.227 e. The van der Waals surface area contributed by atoms with Gasteiger partial charge in [-0.05, 0) is 87.8 Å². The quantitative estimate of drug-likeness (QED) is 0.560. The molecule has 2 heterocycles. The van der Waals surface area contributed by atoms with Crippen LogP contribution in [0, 0.1) is 31.4 Å². The molecule has 0 bridgehead atoms. The molecule has 3 aliphatic rings. The van der Waals surface area contributed by atoms with E-state index in [1.54, 1.807) is 6.92 Å². The lowest BCUT2D eigenvalue weighted by Crippen LogP contribution is -2.48. The van der Waals surface area contributed by atoms with Gasteiger partial charge in [-0.2, -0.15) is 0 Å². The van der Waals surface area contributed by atoms with Crippen LogP contribution in [-0.2, 0) is 15.0 Å². The molecule has 210 valence electrons. The van der Waals surface area contributed by atoms with Crippen LogP contribution < -0.4 is 5.32 Å². The van der Waals surface area contributed by atoms with Crippen molar-refractivity contribution >= 4 is 11.8 Å². The van der Waals surface area contributed by atoms with E-state index in [9.17, 15) is 18.4 Å². The Morgan fingerprint density at radius 3 is 2.26 bits per heavy atom. The molecule has 3 atom stereocenters. The van der Waals surface area contributed by atoms with Crippen LogP contribution in [0.5, 0.6) is 0 Å². The molecule has 2 aromatic rings. The lowest BCUT2D eigenvalue weighted by atomic mass is 9.73. The maximum atomic E-state index is 14.9. The molecule has 1 N–H and O–H groups in total. The molecule has 0 radical (unpaired) electrons. The standard InChI is InChI=1S/C32H41F2N3O2/c1-19-13-24-27(14-20(19)2)32(16-29(24)35-21(3)38)9-11-36(12-10-32)30(39)26-18-37(31(4,5)6)17-25(26)23-8-7-22(33)15-28(23)34/h7-8,13-15,25-26,29H,9-12,16-18H2,1-6H3,(H,35,38)/t25-,26+,29?/m0/s1. The first kappa shape index (κ1) is 27.8. The number of nitrogens with zero attached hydrogens (tertiary/aromatic N) is 2. The summed E-state index contributed by atoms with van der Waals surface area (Å²) in [7, 11) is 0. The van der Waals surface area contributed by atoms with E-state index in [0.717, 1.165) is 25.3 Å². The summed E-state index contributed by atoms with van der Waals surface area (Å²) in [5, 5.41) is 3.16. The Labute approximate surface area is 230 Å². The molecule has 2 aromatic carbocycles. The molecule has 0 aromatic heterocycles. The third kappa shape index (κ3) is 5.10. The third-order valence-corrected chi connectivity index (χ3v) is 9.56. The van der Waals surface area contributed by atoms with Crippen LogP contribution in [0.1, 0.15) is 86.7 Å². The minimum atomic E-state index is -0.606. The van der Waals surface area contributed by atoms with Crippen molar-refractivity contribution < 1.29 is 18.4 Å². The first-order chi connectivity index (χ1) is 18.3. The van der Waals surface area contributed by atoms with Crippen molar-refractivity contribution in [3.63, 3.8) is 0 Å². The van der Waals surface area contributed by atoms with E-state index in [1.807, 2.05) is 4.90 Å². The van der Waals surface area contributed by atoms with Crippen molar-refractivity contribution in [3.8, 4) is 0 Å². The monoisotopic (exact) mass is 537 g/mol. The molecule has 7 heteroatoms. The number of carbonyl (C=O) groups is 2. The molecular weight excluding hydrogens is 496 g/mol. The fraction of sp³-hybridized carbons (Fsp3) is 0.562. The Morgan fingerprint density at radius 2 is 1.64 bits per heavy atom. The van der Waals surface area contributed by atoms with E-state index in [4.69, 9.17) is 0 Å². The molecule has 0 saturated carbocycles. The topological polar surface area (TPSA) is 52.7 Å². The first-order valence-corrected chi connectivity index (χ1v) is 14.2. The second kappa shape index (κ2) is 9.99. The fourth-order valence-electron chi connectivity index (χ4n) is 7.15. The van der Waals surface area contributed by atoms with Gasteiger partial charge < -0.3 is 10.2 Å². The highest BCUT2D eigenvalue weighted by Crippen LogP contribution is 2.52. The summed E-state index contributed by atoms with van der Waals surface area (Å²) < 4.78 is 28.6. The molecule has 2 aliphatic heterocycles. The third-order valence-electron chi connectivity index (χ3n) is 9.56. The van der Waals surface area contributed by atoms with Gasteiger partial charge in [-0.3, -0.25) is 14.5 Å². The number of rotatable bonds is 3. The summed E-state index contributed by atoms with van der Waals surface area (Å²) >= 11 is 0. The van der Waals surface area contributed by atoms with E-state index in [1.165, 1.54) is 34.4 Å². The number of halogens is 2. The molecule has 2 fully saturated rings. The molecule has 1 spiro atoms. The Hall–Kier alpha value is -2.80. The SMILES string of the molecule is CC(=O)NC1CC2(CCN(C(=O)[C@@H]3CN(C(C)(C)C)C[C@H]3c3ccc(F)cc3F)CC2)c2cc(C)c(C)cc21. The Kier molecular flexibility index (Phi) is 7.11. The second-order valence-electron chi connectivity index (χ2n) is 13.0. The van der Waals surface area contributed by atoms with Crippen LogP contribution in [0.3, 0.4) is 0 Å². The largest absolute Gasteiger partial charge is 0.349 e. The Bertz CT molecular complexity index is 1290. The predicted octanol–water partition coefficient (Wildman–Crippen LogP) is 5.54. The number of hydrogen-bond donors (Lipinski definition) is 1. The van der Waals surface area contributed by atoms with Gasteiger partial charge >= 0.3 is 0 Å². The van der Waals surface area contributed by atoms with Crippen molar-refractivity contribution in [1.29, 1.82) is 0 Å². The minimum Gasteiger partial charge on any atom is -0.349 e. The average molecular weight is 538 g/mol. The van der Waals surface area contributed by atoms with Crippen LogP contribution >= 0.6 is 0 Å². The molecule has 2 amide bonds. The first-order valence-electron chi connectivity index (χ1n) is 14.2. The molecule has 39 heavy (non-hydrogen) atoms. The lowest BCUT2D eigenvalue weighted by Gasteiger charge is -2.41. The highest BCUT2D eigenvalue weighted by Gasteiger charge is 2.49. The predicted molar refractivity (Wildman–Crippen MR) is 148 cm³/mol. The number of carbonyl (C=O) groups excluding carboxylic acids is 2. The molecular formula is C32H41F2N3O2. The zero-order valence-corrected chi connectivity index (χ0v) is 24.0. The number of aryl methyl sites for hydroxylation is 2. The van der Waals surface area contributed by atoms with E-state index in [0.29, 0.717) is 31.7 Å². The van der Waals surface area contributed by atoms with Crippen molar-refractivity contribution in [2.45, 2.75) is 83.7 Å². The van der Waals surface area contributed by atoms with Crippen LogP contribution in [-0.4, -0.2) is 53.3 Å². The molecule has 2 saturated heterocycles. The number of fused-ring (bicyclic) bond motifs is 2. The van der Waals surface area contributed by atoms with Gasteiger partial charge in [0.2, 0.25) is 11.8 Å². The number of hydrogen-bond acceptors (Lipinski definition) is 3. The second-order valence-corrected chi connectivity index (χ2v) is 13.0. The smallest absolute Gasteiger partial charge is 0.227 e. The van der Waals surface area contributed by atoms with Gasteiger partial charge in [-0.1, -0.05) is 18.2 Å². The number of nitrogens with one attached hydrogen (secondary N) is 1. The van der Waals surface area contributed by atoms with Gasteiger partial charge in [0.25, 0.3) is 0 Å². The zero-order chi connectivity index (χ0) is 28.3. The van der Waals surface area contributed by atoms with Crippen molar-refractivity contribution in [2.75, 3.05) is 26.2 Å². The highest BCUT2D eigenvalue weighted by molar-refractivity contribution is 5.81. The zero-order valence-electron chi connectivity index (χ0n) is 24.0. The van der Waals surface area contributed by atoms with Crippen LogP contribution in [0.15, 0.2) is 30.3 Å². The van der Waals surface area contributed by atoms with Gasteiger partial charge in [0.1, 0.15) is 11.6 Å². The maximum absolute atomic E-state index is 14.9. The van der Waals surface area contributed by atoms with E-state index in [-0.39, 0.29) is 40.6 Å². The average Bonchev–Trinajstić information content (AvgIpc) is 3.40. The summed E-state index contributed by atoms with van der Waals surface area (Å²) in [5.74, 6) is -1.87. The minimum absolute atomic E-state index is 0.0138. The lowest BCUT2D eigenvalue weighted by molar-refractivity contribution is -0.137. The Morgan fingerprint density at radius 1 is 0.974 bits per heavy atom. The number of piperidine rings is 1. The van der Waals surface area contributed by atoms with Gasteiger partial charge in [-0.25, -0.2) is 8.78 Å². The number of benzene rings is 2. The summed E-state index contributed by atoms with van der Waals surface area (Å²) in [4.78, 5) is 30.2. The molecule has 1 aliphatic carbocycles. The number of amides is 2. The van der Waals surface area contributed by atoms with Crippen molar-refractivity contribution in [2.24, 2.45) is 5.92 Å². The normalized spacial score (nSPS) is 24.7.